The van der Waals surface area contributed by atoms with Crippen molar-refractivity contribution in [2.75, 3.05) is 0 Å². The number of hydrogen-bond acceptors (Lipinski definition) is 3. The largest absolute Gasteiger partial charge is 0.365 e. The second-order valence-electron chi connectivity index (χ2n) is 8.63. The van der Waals surface area contributed by atoms with Gasteiger partial charge < -0.3 is 10.2 Å². The second kappa shape index (κ2) is 4.45. The molecule has 122 valence electrons. The first-order chi connectivity index (χ1) is 10.3. The van der Waals surface area contributed by atoms with Crippen LogP contribution < -0.4 is 0 Å². The summed E-state index contributed by atoms with van der Waals surface area (Å²) < 4.78 is 0. The van der Waals surface area contributed by atoms with Crippen molar-refractivity contribution in [1.82, 2.24) is 0 Å². The normalized spacial score (nSPS) is 49.9. The Hall–Kier alpha value is -0.670. The highest BCUT2D eigenvalue weighted by Crippen LogP contribution is 2.65. The van der Waals surface area contributed by atoms with Crippen molar-refractivity contribution in [2.24, 2.45) is 28.6 Å². The molecule has 0 amide bonds. The molecule has 0 aromatic rings. The standard InChI is InChI=1S/C19H28O3/c1-17-11-9-15-13(14(17)7-8-16(17)20)6-5-12-4-3-10-19(21,22)18(12,15)2/h5,13-15,21-22H,3-4,6-11H2,1-2H3/t13-,14-,15-,17-,18-/m0/s1. The average Bonchev–Trinajstić information content (AvgIpc) is 2.76. The van der Waals surface area contributed by atoms with Crippen LogP contribution in [0.25, 0.3) is 0 Å². The van der Waals surface area contributed by atoms with Gasteiger partial charge in [-0.15, -0.1) is 0 Å². The Kier molecular flexibility index (Phi) is 3.01. The third-order valence-electron chi connectivity index (χ3n) is 7.99. The Labute approximate surface area is 132 Å². The third kappa shape index (κ3) is 1.62. The van der Waals surface area contributed by atoms with Crippen molar-refractivity contribution >= 4 is 5.78 Å². The van der Waals surface area contributed by atoms with E-state index in [2.05, 4.69) is 19.9 Å². The summed E-state index contributed by atoms with van der Waals surface area (Å²) in [5.74, 6) is 0.0453. The lowest BCUT2D eigenvalue weighted by molar-refractivity contribution is -0.268. The summed E-state index contributed by atoms with van der Waals surface area (Å²) in [6.45, 7) is 4.24. The molecule has 0 saturated heterocycles. The van der Waals surface area contributed by atoms with Crippen molar-refractivity contribution in [1.29, 1.82) is 0 Å². The average molecular weight is 304 g/mol. The quantitative estimate of drug-likeness (QED) is 0.534. The number of hydrogen-bond donors (Lipinski definition) is 2. The Morgan fingerprint density at radius 3 is 2.64 bits per heavy atom. The molecule has 0 spiro atoms. The van der Waals surface area contributed by atoms with E-state index in [1.807, 2.05) is 0 Å². The van der Waals surface area contributed by atoms with Crippen LogP contribution in [0.5, 0.6) is 0 Å². The van der Waals surface area contributed by atoms with E-state index in [1.54, 1.807) is 0 Å². The number of carbonyl (C=O) groups excluding carboxylic acids is 1. The maximum Gasteiger partial charge on any atom is 0.172 e. The van der Waals surface area contributed by atoms with Crippen LogP contribution in [0.4, 0.5) is 0 Å². The van der Waals surface area contributed by atoms with Crippen LogP contribution in [0.1, 0.15) is 65.2 Å². The van der Waals surface area contributed by atoms with Gasteiger partial charge in [0.15, 0.2) is 5.79 Å². The number of aliphatic hydroxyl groups is 2. The SMILES string of the molecule is C[C@]12C(=CC[C@@H]3[C@@H]1CC[C@]1(C)C(=O)CC[C@@H]31)CCCC2(O)O. The van der Waals surface area contributed by atoms with E-state index in [0.29, 0.717) is 30.0 Å². The van der Waals surface area contributed by atoms with Crippen molar-refractivity contribution in [3.8, 4) is 0 Å². The van der Waals surface area contributed by atoms with Gasteiger partial charge in [-0.3, -0.25) is 4.79 Å². The molecular formula is C19H28O3. The van der Waals surface area contributed by atoms with E-state index in [0.717, 1.165) is 44.9 Å². The number of carbonyl (C=O) groups is 1. The predicted molar refractivity (Wildman–Crippen MR) is 83.9 cm³/mol. The van der Waals surface area contributed by atoms with Crippen LogP contribution in [-0.2, 0) is 4.79 Å². The lowest BCUT2D eigenvalue weighted by Gasteiger charge is -2.59. The lowest BCUT2D eigenvalue weighted by atomic mass is 9.46. The van der Waals surface area contributed by atoms with Crippen molar-refractivity contribution in [3.63, 3.8) is 0 Å². The fraction of sp³-hybridized carbons (Fsp3) is 0.842. The molecule has 0 aromatic heterocycles. The fourth-order valence-corrected chi connectivity index (χ4v) is 6.53. The molecule has 0 unspecified atom stereocenters. The molecule has 0 aliphatic heterocycles. The maximum atomic E-state index is 12.4. The number of ketones is 1. The Bertz CT molecular complexity index is 549. The van der Waals surface area contributed by atoms with Crippen molar-refractivity contribution in [3.05, 3.63) is 11.6 Å². The van der Waals surface area contributed by atoms with Gasteiger partial charge in [-0.25, -0.2) is 0 Å². The molecule has 0 radical (unpaired) electrons. The number of fused-ring (bicyclic) bond motifs is 5. The van der Waals surface area contributed by atoms with Gasteiger partial charge in [0.1, 0.15) is 5.78 Å². The maximum absolute atomic E-state index is 12.4. The molecular weight excluding hydrogens is 276 g/mol. The molecule has 0 aromatic carbocycles. The molecule has 4 aliphatic carbocycles. The molecule has 3 fully saturated rings. The van der Waals surface area contributed by atoms with Gasteiger partial charge in [-0.2, -0.15) is 0 Å². The van der Waals surface area contributed by atoms with Crippen LogP contribution in [0.15, 0.2) is 11.6 Å². The van der Waals surface area contributed by atoms with E-state index in [4.69, 9.17) is 0 Å². The monoisotopic (exact) mass is 304 g/mol. The first kappa shape index (κ1) is 14.9. The highest BCUT2D eigenvalue weighted by Gasteiger charge is 2.63. The molecule has 0 heterocycles. The smallest absolute Gasteiger partial charge is 0.172 e. The van der Waals surface area contributed by atoms with Crippen LogP contribution in [0.2, 0.25) is 0 Å². The zero-order valence-electron chi connectivity index (χ0n) is 13.8. The second-order valence-corrected chi connectivity index (χ2v) is 8.63. The number of rotatable bonds is 0. The fourth-order valence-electron chi connectivity index (χ4n) is 6.53. The van der Waals surface area contributed by atoms with Crippen LogP contribution in [0.3, 0.4) is 0 Å². The zero-order chi connectivity index (χ0) is 15.8. The van der Waals surface area contributed by atoms with E-state index < -0.39 is 11.2 Å². The topological polar surface area (TPSA) is 57.5 Å². The summed E-state index contributed by atoms with van der Waals surface area (Å²) in [6.07, 6.45) is 9.27. The minimum absolute atomic E-state index is 0.148. The molecule has 5 atom stereocenters. The van der Waals surface area contributed by atoms with Gasteiger partial charge >= 0.3 is 0 Å². The minimum atomic E-state index is -1.59. The first-order valence-electron chi connectivity index (χ1n) is 8.98. The van der Waals surface area contributed by atoms with Crippen LogP contribution in [-0.4, -0.2) is 21.8 Å². The molecule has 3 heteroatoms. The number of allylic oxidation sites excluding steroid dienone is 1. The van der Waals surface area contributed by atoms with E-state index in [9.17, 15) is 15.0 Å². The van der Waals surface area contributed by atoms with Gasteiger partial charge in [0.05, 0.1) is 0 Å². The Balaban J connectivity index is 1.77. The summed E-state index contributed by atoms with van der Waals surface area (Å²) in [4.78, 5) is 12.4. The summed E-state index contributed by atoms with van der Waals surface area (Å²) in [6, 6.07) is 0. The van der Waals surface area contributed by atoms with Gasteiger partial charge in [0.2, 0.25) is 0 Å². The van der Waals surface area contributed by atoms with Crippen LogP contribution in [0, 0.1) is 28.6 Å². The third-order valence-corrected chi connectivity index (χ3v) is 7.99. The summed E-state index contributed by atoms with van der Waals surface area (Å²) in [7, 11) is 0. The molecule has 3 nitrogen and oxygen atoms in total. The van der Waals surface area contributed by atoms with Gasteiger partial charge in [-0.1, -0.05) is 25.5 Å². The Morgan fingerprint density at radius 2 is 1.86 bits per heavy atom. The highest BCUT2D eigenvalue weighted by atomic mass is 16.5. The molecule has 4 rings (SSSR count). The lowest BCUT2D eigenvalue weighted by Crippen LogP contribution is -2.60. The summed E-state index contributed by atoms with van der Waals surface area (Å²) in [5.41, 5.74) is 0.601. The van der Waals surface area contributed by atoms with Crippen molar-refractivity contribution in [2.45, 2.75) is 71.0 Å². The molecule has 0 bridgehead atoms. The van der Waals surface area contributed by atoms with E-state index in [1.165, 1.54) is 5.57 Å². The zero-order valence-corrected chi connectivity index (χ0v) is 13.8. The van der Waals surface area contributed by atoms with Gasteiger partial charge in [0, 0.05) is 23.7 Å². The summed E-state index contributed by atoms with van der Waals surface area (Å²) in [5, 5.41) is 21.5. The predicted octanol–water partition coefficient (Wildman–Crippen LogP) is 3.20. The number of Topliss-reactive ketones (excluding diaryl/α,β-unsaturated/α-hetero) is 1. The van der Waals surface area contributed by atoms with Crippen LogP contribution >= 0.6 is 0 Å². The summed E-state index contributed by atoms with van der Waals surface area (Å²) >= 11 is 0. The highest BCUT2D eigenvalue weighted by molar-refractivity contribution is 5.87. The minimum Gasteiger partial charge on any atom is -0.365 e. The van der Waals surface area contributed by atoms with Crippen molar-refractivity contribution < 1.29 is 15.0 Å². The molecule has 22 heavy (non-hydrogen) atoms. The molecule has 4 aliphatic rings. The Morgan fingerprint density at radius 1 is 1.09 bits per heavy atom. The van der Waals surface area contributed by atoms with E-state index in [-0.39, 0.29) is 5.41 Å². The van der Waals surface area contributed by atoms with E-state index >= 15 is 0 Å². The van der Waals surface area contributed by atoms with Gasteiger partial charge in [-0.05, 0) is 56.3 Å². The van der Waals surface area contributed by atoms with Gasteiger partial charge in [0.25, 0.3) is 0 Å². The first-order valence-corrected chi connectivity index (χ1v) is 8.98. The molecule has 3 saturated carbocycles. The molecule has 2 N–H and O–H groups in total.